The van der Waals surface area contributed by atoms with Crippen LogP contribution >= 0.6 is 34.8 Å². The second kappa shape index (κ2) is 10.7. The minimum absolute atomic E-state index is 0.0280. The Hall–Kier alpha value is -3.76. The van der Waals surface area contributed by atoms with Crippen molar-refractivity contribution in [1.82, 2.24) is 5.32 Å². The number of fused-ring (bicyclic) bond motifs is 1. The summed E-state index contributed by atoms with van der Waals surface area (Å²) in [4.78, 5) is 27.3. The van der Waals surface area contributed by atoms with Crippen LogP contribution in [0.1, 0.15) is 11.1 Å². The van der Waals surface area contributed by atoms with Crippen molar-refractivity contribution in [3.05, 3.63) is 105 Å². The number of methoxy groups -OCH3 is 1. The van der Waals surface area contributed by atoms with Crippen molar-refractivity contribution in [3.8, 4) is 11.5 Å². The summed E-state index contributed by atoms with van der Waals surface area (Å²) in [5, 5.41) is 4.92. The van der Waals surface area contributed by atoms with Crippen molar-refractivity contribution < 1.29 is 19.1 Å². The standard InChI is InChI=1S/C29H21IN2O4S/c1-35-25-16-18(14-23-27(33)31-29(37)32(28(23)34)21-11-3-2-4-12-21)15-24(30)26(25)36-17-20-10-7-9-19-8-5-6-13-22(19)20/h2-16H,17H2,1H3,(H,31,33,37)/b23-14-. The van der Waals surface area contributed by atoms with E-state index >= 15 is 0 Å². The summed E-state index contributed by atoms with van der Waals surface area (Å²) in [6, 6.07) is 26.8. The average molecular weight is 620 g/mol. The van der Waals surface area contributed by atoms with Gasteiger partial charge < -0.3 is 9.47 Å². The normalized spacial score (nSPS) is 14.7. The third kappa shape index (κ3) is 5.07. The Bertz CT molecular complexity index is 1560. The molecule has 0 bridgehead atoms. The van der Waals surface area contributed by atoms with Crippen LogP contribution in [0, 0.1) is 3.57 Å². The minimum atomic E-state index is -0.549. The molecular formula is C29H21IN2O4S. The molecule has 1 fully saturated rings. The molecule has 4 aromatic rings. The van der Waals surface area contributed by atoms with E-state index in [1.165, 1.54) is 11.0 Å². The predicted molar refractivity (Wildman–Crippen MR) is 157 cm³/mol. The second-order valence-corrected chi connectivity index (χ2v) is 9.80. The first-order valence-corrected chi connectivity index (χ1v) is 12.9. The zero-order valence-electron chi connectivity index (χ0n) is 19.7. The molecule has 5 rings (SSSR count). The molecule has 8 heteroatoms. The van der Waals surface area contributed by atoms with Gasteiger partial charge in [0.25, 0.3) is 11.8 Å². The number of thiocarbonyl (C=S) groups is 1. The Balaban J connectivity index is 1.44. The van der Waals surface area contributed by atoms with Gasteiger partial charge in [-0.15, -0.1) is 0 Å². The van der Waals surface area contributed by atoms with Gasteiger partial charge in [0, 0.05) is 0 Å². The fourth-order valence-corrected chi connectivity index (χ4v) is 5.23. The van der Waals surface area contributed by atoms with Crippen molar-refractivity contribution in [2.24, 2.45) is 0 Å². The van der Waals surface area contributed by atoms with Gasteiger partial charge in [0.1, 0.15) is 12.2 Å². The van der Waals surface area contributed by atoms with Gasteiger partial charge in [-0.25, -0.2) is 0 Å². The molecule has 0 saturated carbocycles. The molecule has 0 aliphatic carbocycles. The number of para-hydroxylation sites is 1. The molecule has 0 aromatic heterocycles. The Morgan fingerprint density at radius 2 is 1.70 bits per heavy atom. The topological polar surface area (TPSA) is 67.9 Å². The molecule has 184 valence electrons. The highest BCUT2D eigenvalue weighted by atomic mass is 127. The van der Waals surface area contributed by atoms with E-state index in [0.717, 1.165) is 19.9 Å². The SMILES string of the molecule is COc1cc(/C=C2/C(=O)NC(=S)N(c3ccccc3)C2=O)cc(I)c1OCc1cccc2ccccc12. The van der Waals surface area contributed by atoms with Crippen LogP contribution in [0.15, 0.2) is 90.5 Å². The van der Waals surface area contributed by atoms with Gasteiger partial charge in [0.05, 0.1) is 16.4 Å². The number of ether oxygens (including phenoxy) is 2. The van der Waals surface area contributed by atoms with Gasteiger partial charge in [-0.2, -0.15) is 0 Å². The highest BCUT2D eigenvalue weighted by Gasteiger charge is 2.34. The maximum absolute atomic E-state index is 13.3. The van der Waals surface area contributed by atoms with E-state index in [1.807, 2.05) is 36.4 Å². The van der Waals surface area contributed by atoms with E-state index in [2.05, 4.69) is 46.1 Å². The molecule has 1 saturated heterocycles. The number of halogens is 1. The van der Waals surface area contributed by atoms with Crippen molar-refractivity contribution in [2.75, 3.05) is 12.0 Å². The molecule has 0 unspecified atom stereocenters. The lowest BCUT2D eigenvalue weighted by Gasteiger charge is -2.28. The highest BCUT2D eigenvalue weighted by molar-refractivity contribution is 14.1. The van der Waals surface area contributed by atoms with E-state index in [4.69, 9.17) is 21.7 Å². The fourth-order valence-electron chi connectivity index (χ4n) is 4.17. The highest BCUT2D eigenvalue weighted by Crippen LogP contribution is 2.36. The van der Waals surface area contributed by atoms with Crippen LogP contribution in [-0.2, 0) is 16.2 Å². The second-order valence-electron chi connectivity index (χ2n) is 8.25. The summed E-state index contributed by atoms with van der Waals surface area (Å²) in [6.45, 7) is 0.360. The number of nitrogens with one attached hydrogen (secondary N) is 1. The van der Waals surface area contributed by atoms with Gasteiger partial charge in [-0.1, -0.05) is 60.7 Å². The van der Waals surface area contributed by atoms with Crippen LogP contribution in [0.3, 0.4) is 0 Å². The van der Waals surface area contributed by atoms with Crippen LogP contribution in [0.5, 0.6) is 11.5 Å². The van der Waals surface area contributed by atoms with Crippen molar-refractivity contribution in [3.63, 3.8) is 0 Å². The quantitative estimate of drug-likeness (QED) is 0.127. The number of nitrogens with zero attached hydrogens (tertiary/aromatic N) is 1. The molecule has 0 radical (unpaired) electrons. The van der Waals surface area contributed by atoms with Gasteiger partial charge >= 0.3 is 0 Å². The maximum atomic E-state index is 13.3. The van der Waals surface area contributed by atoms with E-state index in [0.29, 0.717) is 29.4 Å². The molecule has 0 atom stereocenters. The zero-order valence-corrected chi connectivity index (χ0v) is 22.7. The molecule has 1 heterocycles. The summed E-state index contributed by atoms with van der Waals surface area (Å²) >= 11 is 7.43. The molecular weight excluding hydrogens is 599 g/mol. The van der Waals surface area contributed by atoms with Gasteiger partial charge in [0.15, 0.2) is 16.6 Å². The number of carbonyl (C=O) groups is 2. The van der Waals surface area contributed by atoms with Crippen molar-refractivity contribution in [1.29, 1.82) is 0 Å². The maximum Gasteiger partial charge on any atom is 0.270 e. The number of benzene rings is 4. The van der Waals surface area contributed by atoms with Crippen LogP contribution in [-0.4, -0.2) is 24.0 Å². The third-order valence-electron chi connectivity index (χ3n) is 5.93. The lowest BCUT2D eigenvalue weighted by atomic mass is 10.1. The van der Waals surface area contributed by atoms with E-state index in [1.54, 1.807) is 37.4 Å². The van der Waals surface area contributed by atoms with Crippen LogP contribution < -0.4 is 19.7 Å². The lowest BCUT2D eigenvalue weighted by molar-refractivity contribution is -0.122. The number of carbonyl (C=O) groups excluding carboxylic acids is 2. The summed E-state index contributed by atoms with van der Waals surface area (Å²) in [5.41, 5.74) is 2.23. The molecule has 1 N–H and O–H groups in total. The Morgan fingerprint density at radius 3 is 2.49 bits per heavy atom. The van der Waals surface area contributed by atoms with Gasteiger partial charge in [-0.05, 0) is 87.0 Å². The molecule has 1 aliphatic rings. The Labute approximate surface area is 233 Å². The molecule has 37 heavy (non-hydrogen) atoms. The molecule has 4 aromatic carbocycles. The molecule has 6 nitrogen and oxygen atoms in total. The number of rotatable bonds is 6. The molecule has 0 spiro atoms. The summed E-state index contributed by atoms with van der Waals surface area (Å²) < 4.78 is 12.6. The van der Waals surface area contributed by atoms with E-state index in [-0.39, 0.29) is 10.7 Å². The van der Waals surface area contributed by atoms with Crippen molar-refractivity contribution in [2.45, 2.75) is 6.61 Å². The number of anilines is 1. The number of amides is 2. The summed E-state index contributed by atoms with van der Waals surface area (Å²) in [6.07, 6.45) is 1.54. The lowest BCUT2D eigenvalue weighted by Crippen LogP contribution is -2.54. The van der Waals surface area contributed by atoms with Crippen LogP contribution in [0.2, 0.25) is 0 Å². The van der Waals surface area contributed by atoms with Gasteiger partial charge in [0.2, 0.25) is 0 Å². The Kier molecular flexibility index (Phi) is 7.20. The monoisotopic (exact) mass is 620 g/mol. The van der Waals surface area contributed by atoms with E-state index in [9.17, 15) is 9.59 Å². The van der Waals surface area contributed by atoms with Crippen LogP contribution in [0.25, 0.3) is 16.8 Å². The van der Waals surface area contributed by atoms with Gasteiger partial charge in [-0.3, -0.25) is 19.8 Å². The first-order chi connectivity index (χ1) is 18.0. The van der Waals surface area contributed by atoms with Crippen molar-refractivity contribution >= 4 is 74.3 Å². The summed E-state index contributed by atoms with van der Waals surface area (Å²) in [5.74, 6) is 0.0421. The molecule has 1 aliphatic heterocycles. The van der Waals surface area contributed by atoms with Crippen LogP contribution in [0.4, 0.5) is 5.69 Å². The predicted octanol–water partition coefficient (Wildman–Crippen LogP) is 5.86. The largest absolute Gasteiger partial charge is 0.493 e. The minimum Gasteiger partial charge on any atom is -0.493 e. The summed E-state index contributed by atoms with van der Waals surface area (Å²) in [7, 11) is 1.56. The third-order valence-corrected chi connectivity index (χ3v) is 7.02. The average Bonchev–Trinajstić information content (AvgIpc) is 2.90. The Morgan fingerprint density at radius 1 is 0.973 bits per heavy atom. The number of hydrogen-bond donors (Lipinski definition) is 1. The van der Waals surface area contributed by atoms with E-state index < -0.39 is 11.8 Å². The fraction of sp³-hybridized carbons (Fsp3) is 0.0690. The molecule has 2 amide bonds. The first kappa shape index (κ1) is 24.9. The number of hydrogen-bond acceptors (Lipinski definition) is 5. The first-order valence-electron chi connectivity index (χ1n) is 11.4. The zero-order chi connectivity index (χ0) is 25.9. The smallest absolute Gasteiger partial charge is 0.270 e.